The van der Waals surface area contributed by atoms with Crippen molar-refractivity contribution < 1.29 is 18.8 Å². The molecule has 2 bridgehead atoms. The van der Waals surface area contributed by atoms with Gasteiger partial charge in [0.15, 0.2) is 12.4 Å². The van der Waals surface area contributed by atoms with Gasteiger partial charge in [-0.2, -0.15) is 0 Å². The van der Waals surface area contributed by atoms with Gasteiger partial charge in [0.05, 0.1) is 4.92 Å². The molecule has 2 aromatic rings. The third-order valence-corrected chi connectivity index (χ3v) is 6.26. The number of amides is 1. The summed E-state index contributed by atoms with van der Waals surface area (Å²) < 4.78 is 18.6. The highest BCUT2D eigenvalue weighted by Crippen LogP contribution is 2.40. The van der Waals surface area contributed by atoms with Crippen LogP contribution in [0.4, 0.5) is 10.1 Å². The lowest BCUT2D eigenvalue weighted by Crippen LogP contribution is -2.48. The molecule has 2 saturated heterocycles. The minimum Gasteiger partial charge on any atom is -0.477 e. The minimum atomic E-state index is -0.555. The number of ether oxygens (including phenoxy) is 1. The molecule has 4 rings (SSSR count). The summed E-state index contributed by atoms with van der Waals surface area (Å²) in [4.78, 5) is 25.4. The maximum atomic E-state index is 13.1. The van der Waals surface area contributed by atoms with Gasteiger partial charge in [-0.1, -0.05) is 23.7 Å². The Morgan fingerprint density at radius 1 is 1.17 bits per heavy atom. The van der Waals surface area contributed by atoms with E-state index in [1.54, 1.807) is 0 Å². The van der Waals surface area contributed by atoms with Crippen molar-refractivity contribution in [2.75, 3.05) is 6.61 Å². The van der Waals surface area contributed by atoms with Gasteiger partial charge in [0.25, 0.3) is 5.91 Å². The molecular formula is C22H22ClFN2O4. The monoisotopic (exact) mass is 432 g/mol. The molecule has 0 N–H and O–H groups in total. The molecule has 158 valence electrons. The zero-order chi connectivity index (χ0) is 21.3. The fourth-order valence-electron chi connectivity index (χ4n) is 4.79. The number of halogens is 2. The Morgan fingerprint density at radius 2 is 1.83 bits per heavy atom. The molecule has 1 amide bonds. The molecule has 0 saturated carbocycles. The fourth-order valence-corrected chi connectivity index (χ4v) is 4.95. The number of hydrogen-bond donors (Lipinski definition) is 0. The van der Waals surface area contributed by atoms with E-state index < -0.39 is 4.92 Å². The minimum absolute atomic E-state index is 0.000562. The smallest absolute Gasteiger partial charge is 0.311 e. The van der Waals surface area contributed by atoms with Gasteiger partial charge in [-0.3, -0.25) is 14.9 Å². The van der Waals surface area contributed by atoms with Crippen molar-refractivity contribution in [1.82, 2.24) is 4.90 Å². The van der Waals surface area contributed by atoms with Crippen molar-refractivity contribution >= 4 is 23.2 Å². The Morgan fingerprint density at radius 3 is 2.47 bits per heavy atom. The highest BCUT2D eigenvalue weighted by atomic mass is 35.5. The standard InChI is InChI=1S/C22H22ClFN2O4/c23-16-3-8-20(26(28)29)21(12-16)30-13-22(27)25-18-6-7-19(25)11-15(10-18)9-14-1-4-17(24)5-2-14/h1-5,8,12,15,18-19H,6-7,9-11,13H2. The van der Waals surface area contributed by atoms with E-state index in [0.29, 0.717) is 10.9 Å². The van der Waals surface area contributed by atoms with E-state index in [2.05, 4.69) is 0 Å². The van der Waals surface area contributed by atoms with E-state index in [1.807, 2.05) is 17.0 Å². The van der Waals surface area contributed by atoms with Gasteiger partial charge < -0.3 is 9.64 Å². The van der Waals surface area contributed by atoms with Gasteiger partial charge in [0.1, 0.15) is 5.82 Å². The Balaban J connectivity index is 1.38. The number of fused-ring (bicyclic) bond motifs is 2. The number of piperidine rings is 1. The Bertz CT molecular complexity index is 939. The van der Waals surface area contributed by atoms with Crippen LogP contribution in [0, 0.1) is 21.8 Å². The van der Waals surface area contributed by atoms with Gasteiger partial charge in [-0.25, -0.2) is 4.39 Å². The summed E-state index contributed by atoms with van der Waals surface area (Å²) in [6.07, 6.45) is 4.58. The normalized spacial score (nSPS) is 22.7. The van der Waals surface area contributed by atoms with Crippen LogP contribution >= 0.6 is 11.6 Å². The molecule has 2 heterocycles. The SMILES string of the molecule is O=C(COc1cc(Cl)ccc1[N+](=O)[O-])N1C2CCC1CC(Cc1ccc(F)cc1)C2. The zero-order valence-corrected chi connectivity index (χ0v) is 17.1. The first-order chi connectivity index (χ1) is 14.4. The van der Waals surface area contributed by atoms with E-state index in [9.17, 15) is 19.3 Å². The van der Waals surface area contributed by atoms with Crippen LogP contribution in [0.1, 0.15) is 31.2 Å². The molecule has 2 unspecified atom stereocenters. The quantitative estimate of drug-likeness (QED) is 0.486. The Hall–Kier alpha value is -2.67. The number of nitrogens with zero attached hydrogens (tertiary/aromatic N) is 2. The van der Waals surface area contributed by atoms with Gasteiger partial charge in [0, 0.05) is 29.2 Å². The molecule has 6 nitrogen and oxygen atoms in total. The predicted molar refractivity (Wildman–Crippen MR) is 110 cm³/mol. The molecule has 0 aromatic heterocycles. The lowest BCUT2D eigenvalue weighted by molar-refractivity contribution is -0.385. The van der Waals surface area contributed by atoms with Gasteiger partial charge in [-0.15, -0.1) is 0 Å². The average Bonchev–Trinajstić information content (AvgIpc) is 2.98. The van der Waals surface area contributed by atoms with Crippen molar-refractivity contribution in [2.45, 2.75) is 44.2 Å². The van der Waals surface area contributed by atoms with Crippen LogP contribution in [0.5, 0.6) is 5.75 Å². The van der Waals surface area contributed by atoms with Crippen molar-refractivity contribution in [2.24, 2.45) is 5.92 Å². The second-order valence-corrected chi connectivity index (χ2v) is 8.45. The van der Waals surface area contributed by atoms with Crippen molar-refractivity contribution in [1.29, 1.82) is 0 Å². The second-order valence-electron chi connectivity index (χ2n) is 8.01. The number of rotatable bonds is 6. The molecule has 0 spiro atoms. The van der Waals surface area contributed by atoms with Crippen LogP contribution < -0.4 is 4.74 Å². The van der Waals surface area contributed by atoms with E-state index in [0.717, 1.165) is 37.7 Å². The van der Waals surface area contributed by atoms with Crippen LogP contribution in [0.3, 0.4) is 0 Å². The lowest BCUT2D eigenvalue weighted by atomic mass is 9.86. The number of nitro benzene ring substituents is 1. The molecular weight excluding hydrogens is 411 g/mol. The van der Waals surface area contributed by atoms with Crippen LogP contribution in [-0.2, 0) is 11.2 Å². The average molecular weight is 433 g/mol. The summed E-state index contributed by atoms with van der Waals surface area (Å²) in [5, 5.41) is 11.5. The Labute approximate surface area is 178 Å². The van der Waals surface area contributed by atoms with Crippen molar-refractivity contribution in [3.05, 3.63) is 69.0 Å². The highest BCUT2D eigenvalue weighted by molar-refractivity contribution is 6.30. The summed E-state index contributed by atoms with van der Waals surface area (Å²) in [6.45, 7) is -0.253. The van der Waals surface area contributed by atoms with E-state index in [-0.39, 0.29) is 41.9 Å². The third-order valence-electron chi connectivity index (χ3n) is 6.03. The number of hydrogen-bond acceptors (Lipinski definition) is 4. The highest BCUT2D eigenvalue weighted by Gasteiger charge is 2.43. The summed E-state index contributed by atoms with van der Waals surface area (Å²) >= 11 is 5.91. The number of benzene rings is 2. The molecule has 0 radical (unpaired) electrons. The van der Waals surface area contributed by atoms with E-state index in [4.69, 9.17) is 16.3 Å². The molecule has 2 fully saturated rings. The predicted octanol–water partition coefficient (Wildman–Crippen LogP) is 4.78. The van der Waals surface area contributed by atoms with E-state index >= 15 is 0 Å². The largest absolute Gasteiger partial charge is 0.477 e. The van der Waals surface area contributed by atoms with Crippen LogP contribution in [-0.4, -0.2) is 34.4 Å². The molecule has 2 atom stereocenters. The summed E-state index contributed by atoms with van der Waals surface area (Å²) in [5.74, 6) is 0.0579. The number of carbonyl (C=O) groups excluding carboxylic acids is 1. The van der Waals surface area contributed by atoms with Crippen molar-refractivity contribution in [3.8, 4) is 5.75 Å². The van der Waals surface area contributed by atoms with Gasteiger partial charge in [-0.05, 0) is 61.8 Å². The summed E-state index contributed by atoms with van der Waals surface area (Å²) in [7, 11) is 0. The fraction of sp³-hybridized carbons (Fsp3) is 0.409. The maximum absolute atomic E-state index is 13.1. The second kappa shape index (κ2) is 8.60. The lowest BCUT2D eigenvalue weighted by Gasteiger charge is -2.39. The molecule has 8 heteroatoms. The van der Waals surface area contributed by atoms with Crippen molar-refractivity contribution in [3.63, 3.8) is 0 Å². The third kappa shape index (κ3) is 4.41. The molecule has 2 aromatic carbocycles. The summed E-state index contributed by atoms with van der Waals surface area (Å²) in [6, 6.07) is 11.0. The molecule has 0 aliphatic carbocycles. The maximum Gasteiger partial charge on any atom is 0.311 e. The van der Waals surface area contributed by atoms with Crippen LogP contribution in [0.25, 0.3) is 0 Å². The zero-order valence-electron chi connectivity index (χ0n) is 16.3. The topological polar surface area (TPSA) is 72.7 Å². The van der Waals surface area contributed by atoms with Crippen LogP contribution in [0.2, 0.25) is 5.02 Å². The summed E-state index contributed by atoms with van der Waals surface area (Å²) in [5.41, 5.74) is 0.894. The van der Waals surface area contributed by atoms with Crippen LogP contribution in [0.15, 0.2) is 42.5 Å². The van der Waals surface area contributed by atoms with Gasteiger partial charge >= 0.3 is 5.69 Å². The molecule has 30 heavy (non-hydrogen) atoms. The van der Waals surface area contributed by atoms with E-state index in [1.165, 1.54) is 30.3 Å². The molecule has 2 aliphatic rings. The first kappa shape index (κ1) is 20.6. The first-order valence-corrected chi connectivity index (χ1v) is 10.4. The first-order valence-electron chi connectivity index (χ1n) is 10.0. The van der Waals surface area contributed by atoms with Gasteiger partial charge in [0.2, 0.25) is 0 Å². The molecule has 2 aliphatic heterocycles. The Kier molecular flexibility index (Phi) is 5.90. The number of nitro groups is 1. The number of carbonyl (C=O) groups is 1.